The fourth-order valence-corrected chi connectivity index (χ4v) is 2.70. The third-order valence-electron chi connectivity index (χ3n) is 3.99. The van der Waals surface area contributed by atoms with Crippen molar-refractivity contribution in [3.8, 4) is 11.5 Å². The maximum absolute atomic E-state index is 12.8. The van der Waals surface area contributed by atoms with E-state index in [-0.39, 0.29) is 0 Å². The lowest BCUT2D eigenvalue weighted by atomic mass is 10.1. The average molecular weight is 333 g/mol. The Morgan fingerprint density at radius 3 is 2.62 bits per heavy atom. The van der Waals surface area contributed by atoms with Crippen LogP contribution >= 0.6 is 0 Å². The molecule has 0 amide bonds. The molecule has 0 aliphatic carbocycles. The van der Waals surface area contributed by atoms with Gasteiger partial charge < -0.3 is 4.98 Å². The molecule has 0 aliphatic heterocycles. The Labute approximate surface area is 138 Å². The summed E-state index contributed by atoms with van der Waals surface area (Å²) in [6.07, 6.45) is 0.637. The smallest absolute Gasteiger partial charge is 0.337 e. The van der Waals surface area contributed by atoms with Crippen molar-refractivity contribution in [2.45, 2.75) is 39.3 Å². The zero-order valence-corrected chi connectivity index (χ0v) is 13.5. The van der Waals surface area contributed by atoms with E-state index in [1.54, 1.807) is 0 Å². The molecular formula is C18H18F3N3. The predicted octanol–water partition coefficient (Wildman–Crippen LogP) is 5.29. The van der Waals surface area contributed by atoms with Gasteiger partial charge in [0.05, 0.1) is 16.6 Å². The number of nitrogens with zero attached hydrogens (tertiary/aromatic N) is 2. The minimum absolute atomic E-state index is 0.357. The first-order chi connectivity index (χ1) is 11.4. The van der Waals surface area contributed by atoms with Crippen molar-refractivity contribution in [3.63, 3.8) is 0 Å². The molecule has 1 aromatic carbocycles. The lowest BCUT2D eigenvalue weighted by Gasteiger charge is -2.05. The van der Waals surface area contributed by atoms with Gasteiger partial charge in [0.1, 0.15) is 5.69 Å². The molecule has 3 aromatic rings. The van der Waals surface area contributed by atoms with Crippen molar-refractivity contribution in [2.75, 3.05) is 0 Å². The van der Waals surface area contributed by atoms with Gasteiger partial charge in [0.15, 0.2) is 5.82 Å². The molecular weight excluding hydrogens is 315 g/mol. The van der Waals surface area contributed by atoms with Crippen LogP contribution in [0.2, 0.25) is 0 Å². The molecule has 0 atom stereocenters. The molecule has 2 aromatic heterocycles. The quantitative estimate of drug-likeness (QED) is 0.704. The van der Waals surface area contributed by atoms with E-state index < -0.39 is 11.7 Å². The van der Waals surface area contributed by atoms with Crippen LogP contribution in [-0.4, -0.2) is 15.0 Å². The van der Waals surface area contributed by atoms with Crippen molar-refractivity contribution in [1.29, 1.82) is 0 Å². The summed E-state index contributed by atoms with van der Waals surface area (Å²) in [5, 5.41) is 0. The van der Waals surface area contributed by atoms with E-state index in [0.29, 0.717) is 22.6 Å². The van der Waals surface area contributed by atoms with Crippen LogP contribution in [0.25, 0.3) is 22.6 Å². The van der Waals surface area contributed by atoms with Crippen LogP contribution in [0.1, 0.15) is 36.5 Å². The predicted molar refractivity (Wildman–Crippen MR) is 87.7 cm³/mol. The molecule has 0 unspecified atom stereocenters. The topological polar surface area (TPSA) is 41.6 Å². The number of pyridine rings is 1. The van der Waals surface area contributed by atoms with Crippen molar-refractivity contribution < 1.29 is 13.2 Å². The first-order valence-corrected chi connectivity index (χ1v) is 7.91. The second-order valence-electron chi connectivity index (χ2n) is 5.93. The number of alkyl halides is 3. The van der Waals surface area contributed by atoms with Gasteiger partial charge in [-0.25, -0.2) is 4.98 Å². The van der Waals surface area contributed by atoms with Gasteiger partial charge in [-0.2, -0.15) is 13.2 Å². The number of hydrogen-bond acceptors (Lipinski definition) is 2. The van der Waals surface area contributed by atoms with Crippen LogP contribution < -0.4 is 0 Å². The Bertz CT molecular complexity index is 866. The van der Waals surface area contributed by atoms with E-state index in [0.717, 1.165) is 42.5 Å². The number of halogens is 3. The van der Waals surface area contributed by atoms with Crippen molar-refractivity contribution in [2.24, 2.45) is 0 Å². The molecule has 126 valence electrons. The molecule has 0 saturated carbocycles. The molecule has 0 aliphatic rings. The van der Waals surface area contributed by atoms with Gasteiger partial charge in [0, 0.05) is 6.20 Å². The molecule has 0 bridgehead atoms. The number of unbranched alkanes of at least 4 members (excludes halogenated alkanes) is 1. The van der Waals surface area contributed by atoms with Crippen molar-refractivity contribution in [3.05, 3.63) is 47.2 Å². The van der Waals surface area contributed by atoms with Crippen LogP contribution in [0.3, 0.4) is 0 Å². The lowest BCUT2D eigenvalue weighted by molar-refractivity contribution is -0.137. The molecule has 0 fully saturated rings. The van der Waals surface area contributed by atoms with E-state index in [4.69, 9.17) is 0 Å². The van der Waals surface area contributed by atoms with Gasteiger partial charge in [-0.1, -0.05) is 19.4 Å². The maximum atomic E-state index is 12.8. The Kier molecular flexibility index (Phi) is 4.30. The third kappa shape index (κ3) is 3.27. The van der Waals surface area contributed by atoms with Crippen LogP contribution in [-0.2, 0) is 12.6 Å². The van der Waals surface area contributed by atoms with Gasteiger partial charge in [0.25, 0.3) is 0 Å². The monoisotopic (exact) mass is 333 g/mol. The fourth-order valence-electron chi connectivity index (χ4n) is 2.70. The Hall–Kier alpha value is -2.37. The van der Waals surface area contributed by atoms with E-state index in [1.165, 1.54) is 6.07 Å². The number of fused-ring (bicyclic) bond motifs is 1. The van der Waals surface area contributed by atoms with E-state index in [9.17, 15) is 13.2 Å². The number of aryl methyl sites for hydroxylation is 2. The first kappa shape index (κ1) is 16.5. The molecule has 6 heteroatoms. The zero-order chi connectivity index (χ0) is 17.3. The second kappa shape index (κ2) is 6.26. The molecule has 1 N–H and O–H groups in total. The summed E-state index contributed by atoms with van der Waals surface area (Å²) >= 11 is 0. The summed E-state index contributed by atoms with van der Waals surface area (Å²) in [4.78, 5) is 11.8. The maximum Gasteiger partial charge on any atom is 0.416 e. The number of H-pyrrole nitrogens is 1. The standard InChI is InChI=1S/C18H18F3N3/c1-3-4-5-12-8-11(2)16(22-10-12)17-23-14-7-6-13(18(19,20)21)9-15(14)24-17/h6-10H,3-5H2,1-2H3,(H,23,24). The number of rotatable bonds is 4. The summed E-state index contributed by atoms with van der Waals surface area (Å²) in [5.41, 5.74) is 2.95. The Balaban J connectivity index is 1.97. The lowest BCUT2D eigenvalue weighted by Crippen LogP contribution is -2.04. The Morgan fingerprint density at radius 1 is 1.17 bits per heavy atom. The highest BCUT2D eigenvalue weighted by Crippen LogP contribution is 2.31. The molecule has 0 spiro atoms. The zero-order valence-electron chi connectivity index (χ0n) is 13.5. The average Bonchev–Trinajstić information content (AvgIpc) is 2.94. The minimum Gasteiger partial charge on any atom is -0.337 e. The number of hydrogen-bond donors (Lipinski definition) is 1. The molecule has 3 rings (SSSR count). The fraction of sp³-hybridized carbons (Fsp3) is 0.333. The first-order valence-electron chi connectivity index (χ1n) is 7.91. The highest BCUT2D eigenvalue weighted by atomic mass is 19.4. The number of nitrogens with one attached hydrogen (secondary N) is 1. The second-order valence-corrected chi connectivity index (χ2v) is 5.93. The summed E-state index contributed by atoms with van der Waals surface area (Å²) < 4.78 is 38.4. The number of imidazole rings is 1. The minimum atomic E-state index is -4.37. The SMILES string of the molecule is CCCCc1cnc(-c2nc3ccc(C(F)(F)F)cc3[nH]2)c(C)c1. The highest BCUT2D eigenvalue weighted by Gasteiger charge is 2.30. The van der Waals surface area contributed by atoms with Gasteiger partial charge >= 0.3 is 6.18 Å². The van der Waals surface area contributed by atoms with Gasteiger partial charge in [-0.3, -0.25) is 4.98 Å². The van der Waals surface area contributed by atoms with Gasteiger partial charge in [-0.15, -0.1) is 0 Å². The molecule has 2 heterocycles. The summed E-state index contributed by atoms with van der Waals surface area (Å²) in [6.45, 7) is 4.07. The van der Waals surface area contributed by atoms with Crippen LogP contribution in [0.4, 0.5) is 13.2 Å². The largest absolute Gasteiger partial charge is 0.416 e. The van der Waals surface area contributed by atoms with Crippen LogP contribution in [0.15, 0.2) is 30.5 Å². The molecule has 3 nitrogen and oxygen atoms in total. The number of benzene rings is 1. The number of aromatic nitrogens is 3. The number of aromatic amines is 1. The Morgan fingerprint density at radius 2 is 1.96 bits per heavy atom. The van der Waals surface area contributed by atoms with E-state index in [1.807, 2.05) is 13.1 Å². The molecule has 0 saturated heterocycles. The van der Waals surface area contributed by atoms with Crippen molar-refractivity contribution in [1.82, 2.24) is 15.0 Å². The van der Waals surface area contributed by atoms with Crippen LogP contribution in [0, 0.1) is 6.92 Å². The third-order valence-corrected chi connectivity index (χ3v) is 3.99. The normalized spacial score (nSPS) is 12.0. The van der Waals surface area contributed by atoms with Gasteiger partial charge in [0.2, 0.25) is 0 Å². The molecule has 24 heavy (non-hydrogen) atoms. The summed E-state index contributed by atoms with van der Waals surface area (Å²) in [6, 6.07) is 5.56. The highest BCUT2D eigenvalue weighted by molar-refractivity contribution is 5.80. The van der Waals surface area contributed by atoms with E-state index in [2.05, 4.69) is 27.9 Å². The van der Waals surface area contributed by atoms with E-state index >= 15 is 0 Å². The van der Waals surface area contributed by atoms with Crippen molar-refractivity contribution >= 4 is 11.0 Å². The summed E-state index contributed by atoms with van der Waals surface area (Å²) in [5.74, 6) is 0.490. The summed E-state index contributed by atoms with van der Waals surface area (Å²) in [7, 11) is 0. The van der Waals surface area contributed by atoms with Crippen LogP contribution in [0.5, 0.6) is 0 Å². The molecule has 0 radical (unpaired) electrons. The van der Waals surface area contributed by atoms with Gasteiger partial charge in [-0.05, 0) is 49.1 Å².